The zero-order valence-electron chi connectivity index (χ0n) is 11.8. The van der Waals surface area contributed by atoms with Gasteiger partial charge in [0.15, 0.2) is 0 Å². The van der Waals surface area contributed by atoms with Crippen LogP contribution in [-0.4, -0.2) is 9.97 Å². The van der Waals surface area contributed by atoms with Crippen LogP contribution in [0.4, 0.5) is 5.82 Å². The molecule has 1 aromatic carbocycles. The lowest BCUT2D eigenvalue weighted by molar-refractivity contribution is 0.866. The molecule has 0 fully saturated rings. The van der Waals surface area contributed by atoms with Gasteiger partial charge in [-0.1, -0.05) is 24.3 Å². The topological polar surface area (TPSA) is 37.8 Å². The van der Waals surface area contributed by atoms with Gasteiger partial charge in [0, 0.05) is 0 Å². The van der Waals surface area contributed by atoms with Gasteiger partial charge in [-0.05, 0) is 42.8 Å². The fourth-order valence-electron chi connectivity index (χ4n) is 2.43. The fraction of sp³-hybridized carbons (Fsp3) is 0.250. The highest BCUT2D eigenvalue weighted by Crippen LogP contribution is 2.31. The van der Waals surface area contributed by atoms with Crippen molar-refractivity contribution in [1.29, 1.82) is 0 Å². The summed E-state index contributed by atoms with van der Waals surface area (Å²) in [5.41, 5.74) is 4.84. The monoisotopic (exact) mass is 283 g/mol. The minimum atomic E-state index is 0.219. The Labute approximate surface area is 122 Å². The van der Waals surface area contributed by atoms with Crippen molar-refractivity contribution >= 4 is 27.4 Å². The molecular weight excluding hydrogens is 266 g/mol. The van der Waals surface area contributed by atoms with Gasteiger partial charge >= 0.3 is 0 Å². The molecule has 0 bridgehead atoms. The van der Waals surface area contributed by atoms with E-state index in [4.69, 9.17) is 0 Å². The molecule has 2 heterocycles. The zero-order valence-corrected chi connectivity index (χ0v) is 12.7. The average Bonchev–Trinajstić information content (AvgIpc) is 2.82. The molecule has 0 saturated carbocycles. The Morgan fingerprint density at radius 2 is 1.90 bits per heavy atom. The fourth-order valence-corrected chi connectivity index (χ4v) is 3.38. The second kappa shape index (κ2) is 5.21. The molecule has 0 saturated heterocycles. The Morgan fingerprint density at radius 3 is 2.70 bits per heavy atom. The summed E-state index contributed by atoms with van der Waals surface area (Å²) in [7, 11) is 0. The summed E-state index contributed by atoms with van der Waals surface area (Å²) in [6.45, 7) is 6.38. The van der Waals surface area contributed by atoms with Crippen LogP contribution in [0, 0.1) is 13.8 Å². The highest BCUT2D eigenvalue weighted by Gasteiger charge is 2.12. The molecule has 102 valence electrons. The summed E-state index contributed by atoms with van der Waals surface area (Å²) in [6.07, 6.45) is 1.63. The molecule has 3 nitrogen and oxygen atoms in total. The van der Waals surface area contributed by atoms with E-state index in [1.54, 1.807) is 17.7 Å². The normalized spacial score (nSPS) is 12.6. The summed E-state index contributed by atoms with van der Waals surface area (Å²) in [5, 5.41) is 5.64. The number of rotatable bonds is 3. The van der Waals surface area contributed by atoms with Gasteiger partial charge in [0.25, 0.3) is 0 Å². The lowest BCUT2D eigenvalue weighted by Crippen LogP contribution is -2.09. The van der Waals surface area contributed by atoms with Crippen molar-refractivity contribution in [2.45, 2.75) is 26.8 Å². The molecule has 0 radical (unpaired) electrons. The van der Waals surface area contributed by atoms with Crippen molar-refractivity contribution in [2.75, 3.05) is 5.32 Å². The molecule has 2 aromatic heterocycles. The number of hydrogen-bond acceptors (Lipinski definition) is 4. The van der Waals surface area contributed by atoms with Crippen LogP contribution in [0.3, 0.4) is 0 Å². The van der Waals surface area contributed by atoms with Crippen molar-refractivity contribution in [3.63, 3.8) is 0 Å². The minimum Gasteiger partial charge on any atom is -0.362 e. The Hall–Kier alpha value is -1.94. The molecule has 20 heavy (non-hydrogen) atoms. The van der Waals surface area contributed by atoms with E-state index in [0.29, 0.717) is 0 Å². The van der Waals surface area contributed by atoms with E-state index >= 15 is 0 Å². The van der Waals surface area contributed by atoms with Gasteiger partial charge in [-0.15, -0.1) is 11.3 Å². The van der Waals surface area contributed by atoms with Crippen molar-refractivity contribution in [1.82, 2.24) is 9.97 Å². The van der Waals surface area contributed by atoms with Crippen LogP contribution in [0.2, 0.25) is 0 Å². The standard InChI is InChI=1S/C16H17N3S/c1-10-6-4-5-7-13(10)12(3)19-16-15-14(17-9-18-16)11(2)8-20-15/h4-9,12H,1-3H3,(H,17,18,19). The predicted octanol–water partition coefficient (Wildman–Crippen LogP) is 4.48. The molecule has 3 aromatic rings. The quantitative estimate of drug-likeness (QED) is 0.770. The lowest BCUT2D eigenvalue weighted by Gasteiger charge is -2.17. The van der Waals surface area contributed by atoms with E-state index in [9.17, 15) is 0 Å². The Kier molecular flexibility index (Phi) is 3.40. The summed E-state index contributed by atoms with van der Waals surface area (Å²) >= 11 is 1.69. The summed E-state index contributed by atoms with van der Waals surface area (Å²) in [4.78, 5) is 8.76. The van der Waals surface area contributed by atoms with Crippen LogP contribution in [0.5, 0.6) is 0 Å². The first kappa shape index (κ1) is 13.1. The van der Waals surface area contributed by atoms with Gasteiger partial charge in [0.05, 0.1) is 16.3 Å². The highest BCUT2D eigenvalue weighted by atomic mass is 32.1. The molecule has 0 spiro atoms. The molecule has 3 rings (SSSR count). The Bertz CT molecular complexity index is 748. The molecule has 4 heteroatoms. The van der Waals surface area contributed by atoms with E-state index < -0.39 is 0 Å². The smallest absolute Gasteiger partial charge is 0.147 e. The summed E-state index contributed by atoms with van der Waals surface area (Å²) < 4.78 is 1.13. The number of fused-ring (bicyclic) bond motifs is 1. The zero-order chi connectivity index (χ0) is 14.1. The second-order valence-corrected chi connectivity index (χ2v) is 5.92. The maximum absolute atomic E-state index is 4.40. The van der Waals surface area contributed by atoms with Gasteiger partial charge in [-0.2, -0.15) is 0 Å². The third-order valence-electron chi connectivity index (χ3n) is 3.54. The van der Waals surface area contributed by atoms with Gasteiger partial charge in [-0.3, -0.25) is 0 Å². The number of aryl methyl sites for hydroxylation is 2. The average molecular weight is 283 g/mol. The van der Waals surface area contributed by atoms with E-state index in [2.05, 4.69) is 65.7 Å². The number of nitrogens with one attached hydrogen (secondary N) is 1. The van der Waals surface area contributed by atoms with Crippen molar-refractivity contribution in [3.8, 4) is 0 Å². The van der Waals surface area contributed by atoms with Gasteiger partial charge < -0.3 is 5.32 Å². The maximum atomic E-state index is 4.40. The molecule has 0 aliphatic heterocycles. The number of thiophene rings is 1. The van der Waals surface area contributed by atoms with Crippen molar-refractivity contribution in [2.24, 2.45) is 0 Å². The maximum Gasteiger partial charge on any atom is 0.147 e. The predicted molar refractivity (Wildman–Crippen MR) is 85.4 cm³/mol. The number of hydrogen-bond donors (Lipinski definition) is 1. The summed E-state index contributed by atoms with van der Waals surface area (Å²) in [5.74, 6) is 0.920. The third-order valence-corrected chi connectivity index (χ3v) is 4.63. The molecule has 0 amide bonds. The van der Waals surface area contributed by atoms with E-state index in [1.807, 2.05) is 0 Å². The highest BCUT2D eigenvalue weighted by molar-refractivity contribution is 7.18. The first-order chi connectivity index (χ1) is 9.66. The number of aromatic nitrogens is 2. The molecular formula is C16H17N3S. The number of nitrogens with zero attached hydrogens (tertiary/aromatic N) is 2. The van der Waals surface area contributed by atoms with Gasteiger partial charge in [-0.25, -0.2) is 9.97 Å². The molecule has 0 aliphatic carbocycles. The van der Waals surface area contributed by atoms with Gasteiger partial charge in [0.1, 0.15) is 12.1 Å². The second-order valence-electron chi connectivity index (χ2n) is 5.04. The lowest BCUT2D eigenvalue weighted by atomic mass is 10.0. The first-order valence-electron chi connectivity index (χ1n) is 6.67. The molecule has 0 aliphatic rings. The third kappa shape index (κ3) is 2.27. The number of benzene rings is 1. The van der Waals surface area contributed by atoms with Crippen LogP contribution in [0.15, 0.2) is 36.0 Å². The van der Waals surface area contributed by atoms with E-state index in [1.165, 1.54) is 16.7 Å². The minimum absolute atomic E-state index is 0.219. The first-order valence-corrected chi connectivity index (χ1v) is 7.55. The largest absolute Gasteiger partial charge is 0.362 e. The van der Waals surface area contributed by atoms with Crippen molar-refractivity contribution in [3.05, 3.63) is 52.7 Å². The molecule has 1 atom stereocenters. The van der Waals surface area contributed by atoms with Crippen LogP contribution in [0.1, 0.15) is 29.7 Å². The van der Waals surface area contributed by atoms with Crippen molar-refractivity contribution < 1.29 is 0 Å². The van der Waals surface area contributed by atoms with Crippen LogP contribution in [0.25, 0.3) is 10.2 Å². The van der Waals surface area contributed by atoms with E-state index in [0.717, 1.165) is 16.0 Å². The Balaban J connectivity index is 1.95. The van der Waals surface area contributed by atoms with E-state index in [-0.39, 0.29) is 6.04 Å². The van der Waals surface area contributed by atoms with Crippen LogP contribution >= 0.6 is 11.3 Å². The SMILES string of the molecule is Cc1ccccc1C(C)Nc1ncnc2c(C)csc12. The molecule has 1 unspecified atom stereocenters. The Morgan fingerprint density at radius 1 is 1.10 bits per heavy atom. The summed E-state index contributed by atoms with van der Waals surface area (Å²) in [6, 6.07) is 8.66. The number of anilines is 1. The molecule has 1 N–H and O–H groups in total. The van der Waals surface area contributed by atoms with Crippen LogP contribution in [-0.2, 0) is 0 Å². The van der Waals surface area contributed by atoms with Crippen LogP contribution < -0.4 is 5.32 Å². The van der Waals surface area contributed by atoms with Gasteiger partial charge in [0.2, 0.25) is 0 Å².